The van der Waals surface area contributed by atoms with E-state index >= 15 is 0 Å². The van der Waals surface area contributed by atoms with Crippen LogP contribution in [0, 0.1) is 46.3 Å². The lowest BCUT2D eigenvalue weighted by Crippen LogP contribution is -2.58. The fourth-order valence-corrected chi connectivity index (χ4v) is 9.11. The first kappa shape index (κ1) is 24.5. The molecule has 2 N–H and O–H groups in total. The monoisotopic (exact) mass is 448 g/mol. The minimum absolute atomic E-state index is 0.0237. The maximum absolute atomic E-state index is 12.2. The number of rotatable bonds is 7. The molecule has 4 aliphatic rings. The Hall–Kier alpha value is -0.610. The fraction of sp³-hybridized carbons (Fsp3) is 0.964. The van der Waals surface area contributed by atoms with Crippen LogP contribution in [-0.4, -0.2) is 35.0 Å². The molecular formula is C28H48O4. The van der Waals surface area contributed by atoms with Crippen LogP contribution < -0.4 is 0 Å². The Morgan fingerprint density at radius 3 is 2.59 bits per heavy atom. The average molecular weight is 449 g/mol. The molecule has 0 aromatic carbocycles. The number of esters is 1. The number of unbranched alkanes of at least 4 members (excludes halogenated alkanes) is 1. The van der Waals surface area contributed by atoms with E-state index in [-0.39, 0.29) is 29.0 Å². The molecule has 0 spiro atoms. The summed E-state index contributed by atoms with van der Waals surface area (Å²) in [6, 6.07) is 0. The lowest BCUT2D eigenvalue weighted by Gasteiger charge is -2.62. The van der Waals surface area contributed by atoms with Crippen molar-refractivity contribution in [2.75, 3.05) is 6.61 Å². The van der Waals surface area contributed by atoms with Crippen molar-refractivity contribution in [1.29, 1.82) is 0 Å². The molecule has 0 aromatic heterocycles. The van der Waals surface area contributed by atoms with Crippen molar-refractivity contribution in [3.05, 3.63) is 0 Å². The van der Waals surface area contributed by atoms with Gasteiger partial charge in [0.2, 0.25) is 0 Å². The van der Waals surface area contributed by atoms with Gasteiger partial charge in [0.25, 0.3) is 0 Å². The van der Waals surface area contributed by atoms with Crippen LogP contribution in [0.1, 0.15) is 105 Å². The van der Waals surface area contributed by atoms with Gasteiger partial charge in [-0.05, 0) is 111 Å². The van der Waals surface area contributed by atoms with E-state index in [0.717, 1.165) is 50.9 Å². The van der Waals surface area contributed by atoms with Crippen molar-refractivity contribution in [1.82, 2.24) is 0 Å². The number of carbonyl (C=O) groups is 1. The number of hydrogen-bond acceptors (Lipinski definition) is 4. The van der Waals surface area contributed by atoms with Gasteiger partial charge < -0.3 is 14.9 Å². The molecule has 4 fully saturated rings. The summed E-state index contributed by atoms with van der Waals surface area (Å²) in [4.78, 5) is 12.2. The highest BCUT2D eigenvalue weighted by atomic mass is 16.5. The van der Waals surface area contributed by atoms with Crippen LogP contribution in [0.4, 0.5) is 0 Å². The summed E-state index contributed by atoms with van der Waals surface area (Å²) < 4.78 is 5.38. The smallest absolute Gasteiger partial charge is 0.305 e. The molecule has 4 saturated carbocycles. The second-order valence-corrected chi connectivity index (χ2v) is 12.5. The summed E-state index contributed by atoms with van der Waals surface area (Å²) in [7, 11) is 0. The first-order chi connectivity index (χ1) is 15.2. The quantitative estimate of drug-likeness (QED) is 0.385. The number of ether oxygens (including phenoxy) is 1. The summed E-state index contributed by atoms with van der Waals surface area (Å²) in [5.74, 6) is 3.42. The number of hydrogen-bond donors (Lipinski definition) is 2. The normalized spacial score (nSPS) is 46.6. The third kappa shape index (κ3) is 4.17. The first-order valence-electron chi connectivity index (χ1n) is 13.7. The second kappa shape index (κ2) is 9.56. The Balaban J connectivity index is 1.43. The molecule has 184 valence electrons. The van der Waals surface area contributed by atoms with Gasteiger partial charge in [-0.1, -0.05) is 34.1 Å². The lowest BCUT2D eigenvalue weighted by atomic mass is 9.43. The van der Waals surface area contributed by atoms with Gasteiger partial charge >= 0.3 is 5.97 Å². The predicted molar refractivity (Wildman–Crippen MR) is 127 cm³/mol. The summed E-state index contributed by atoms with van der Waals surface area (Å²) in [5.41, 5.74) is 0.264. The van der Waals surface area contributed by atoms with Crippen LogP contribution >= 0.6 is 0 Å². The number of carbonyl (C=O) groups excluding carboxylic acids is 1. The molecule has 4 rings (SSSR count). The Labute approximate surface area is 195 Å². The highest BCUT2D eigenvalue weighted by Crippen LogP contribution is 2.68. The molecule has 0 aliphatic heterocycles. The van der Waals surface area contributed by atoms with Crippen LogP contribution in [-0.2, 0) is 9.53 Å². The maximum Gasteiger partial charge on any atom is 0.305 e. The maximum atomic E-state index is 12.2. The Morgan fingerprint density at radius 2 is 1.84 bits per heavy atom. The lowest BCUT2D eigenvalue weighted by molar-refractivity contribution is -0.175. The highest BCUT2D eigenvalue weighted by Gasteiger charge is 2.63. The van der Waals surface area contributed by atoms with Gasteiger partial charge in [0, 0.05) is 6.42 Å². The van der Waals surface area contributed by atoms with E-state index in [1.807, 2.05) is 0 Å². The highest BCUT2D eigenvalue weighted by molar-refractivity contribution is 5.69. The fourth-order valence-electron chi connectivity index (χ4n) is 9.11. The van der Waals surface area contributed by atoms with Gasteiger partial charge in [-0.2, -0.15) is 0 Å². The van der Waals surface area contributed by atoms with Crippen molar-refractivity contribution in [3.8, 4) is 0 Å². The van der Waals surface area contributed by atoms with Gasteiger partial charge in [-0.15, -0.1) is 0 Å². The average Bonchev–Trinajstić information content (AvgIpc) is 3.12. The number of aliphatic hydroxyl groups is 2. The molecule has 0 bridgehead atoms. The van der Waals surface area contributed by atoms with Gasteiger partial charge in [-0.25, -0.2) is 0 Å². The van der Waals surface area contributed by atoms with Gasteiger partial charge in [0.05, 0.1) is 18.8 Å². The molecule has 4 aliphatic carbocycles. The molecule has 4 heteroatoms. The summed E-state index contributed by atoms with van der Waals surface area (Å²) >= 11 is 0. The molecular weight excluding hydrogens is 400 g/mol. The molecule has 0 aromatic rings. The van der Waals surface area contributed by atoms with Crippen LogP contribution in [0.2, 0.25) is 0 Å². The van der Waals surface area contributed by atoms with Crippen molar-refractivity contribution >= 4 is 5.97 Å². The molecule has 4 nitrogen and oxygen atoms in total. The second-order valence-electron chi connectivity index (χ2n) is 12.5. The van der Waals surface area contributed by atoms with Gasteiger partial charge in [0.15, 0.2) is 0 Å². The first-order valence-corrected chi connectivity index (χ1v) is 13.7. The standard InChI is InChI=1S/C28H48O4/c1-5-6-15-32-26(31)12-7-18(2)22-10-11-23-21-9-8-19-16-20(29)13-14-27(19,3)24(21)17-25(30)28(22,23)4/h18-25,29-30H,5-17H2,1-4H3/t18-,19-,20-,21?,22?,23?,24?,25+,27+,28-/m1/s1. The molecule has 4 unspecified atom stereocenters. The molecule has 0 radical (unpaired) electrons. The van der Waals surface area contributed by atoms with E-state index in [1.165, 1.54) is 25.7 Å². The van der Waals surface area contributed by atoms with Crippen LogP contribution in [0.3, 0.4) is 0 Å². The zero-order valence-corrected chi connectivity index (χ0v) is 21.0. The van der Waals surface area contributed by atoms with E-state index < -0.39 is 0 Å². The van der Waals surface area contributed by atoms with Gasteiger partial charge in [0.1, 0.15) is 0 Å². The van der Waals surface area contributed by atoms with Crippen molar-refractivity contribution < 1.29 is 19.7 Å². The van der Waals surface area contributed by atoms with Crippen molar-refractivity contribution in [3.63, 3.8) is 0 Å². The van der Waals surface area contributed by atoms with Crippen molar-refractivity contribution in [2.24, 2.45) is 46.3 Å². The molecule has 10 atom stereocenters. The minimum atomic E-state index is -0.248. The Kier molecular flexibility index (Phi) is 7.33. The van der Waals surface area contributed by atoms with Crippen LogP contribution in [0.15, 0.2) is 0 Å². The van der Waals surface area contributed by atoms with Gasteiger partial charge in [-0.3, -0.25) is 4.79 Å². The minimum Gasteiger partial charge on any atom is -0.466 e. The summed E-state index contributed by atoms with van der Waals surface area (Å²) in [6.45, 7) is 9.82. The predicted octanol–water partition coefficient (Wildman–Crippen LogP) is 5.74. The van der Waals surface area contributed by atoms with E-state index in [9.17, 15) is 15.0 Å². The molecule has 0 amide bonds. The van der Waals surface area contributed by atoms with E-state index in [4.69, 9.17) is 4.74 Å². The largest absolute Gasteiger partial charge is 0.466 e. The molecule has 0 heterocycles. The summed E-state index contributed by atoms with van der Waals surface area (Å²) in [6.07, 6.45) is 11.9. The third-order valence-electron chi connectivity index (χ3n) is 11.1. The number of fused-ring (bicyclic) bond motifs is 5. The Morgan fingerprint density at radius 1 is 1.06 bits per heavy atom. The zero-order valence-electron chi connectivity index (χ0n) is 21.0. The zero-order chi connectivity index (χ0) is 23.1. The van der Waals surface area contributed by atoms with E-state index in [0.29, 0.717) is 42.6 Å². The molecule has 32 heavy (non-hydrogen) atoms. The molecule has 0 saturated heterocycles. The SMILES string of the molecule is CCCCOC(=O)CC[C@@H](C)C1CCC2C3CC[C@@H]4C[C@H](O)CC[C@]4(C)C3C[C@H](O)[C@@]21C. The van der Waals surface area contributed by atoms with E-state index in [1.54, 1.807) is 0 Å². The van der Waals surface area contributed by atoms with Crippen molar-refractivity contribution in [2.45, 2.75) is 117 Å². The Bertz CT molecular complexity index is 664. The summed E-state index contributed by atoms with van der Waals surface area (Å²) in [5, 5.41) is 21.9. The van der Waals surface area contributed by atoms with E-state index in [2.05, 4.69) is 27.7 Å². The van der Waals surface area contributed by atoms with Crippen LogP contribution in [0.25, 0.3) is 0 Å². The van der Waals surface area contributed by atoms with Crippen LogP contribution in [0.5, 0.6) is 0 Å². The topological polar surface area (TPSA) is 66.8 Å². The third-order valence-corrected chi connectivity index (χ3v) is 11.1. The number of aliphatic hydroxyl groups excluding tert-OH is 2.